The number of aliphatic imine (C=N–C) groups is 1. The van der Waals surface area contributed by atoms with Gasteiger partial charge in [0.05, 0.1) is 24.5 Å². The molecular weight excluding hydrogens is 304 g/mol. The quantitative estimate of drug-likeness (QED) is 0.679. The molecule has 1 N–H and O–H groups in total. The van der Waals surface area contributed by atoms with Crippen LogP contribution in [0.3, 0.4) is 0 Å². The molecule has 0 spiro atoms. The van der Waals surface area contributed by atoms with Gasteiger partial charge in [-0.2, -0.15) is 0 Å². The second kappa shape index (κ2) is 7.68. The van der Waals surface area contributed by atoms with E-state index in [-0.39, 0.29) is 6.61 Å². The summed E-state index contributed by atoms with van der Waals surface area (Å²) < 4.78 is 4.79. The smallest absolute Gasteiger partial charge is 0.335 e. The predicted octanol–water partition coefficient (Wildman–Crippen LogP) is 2.43. The van der Waals surface area contributed by atoms with E-state index in [2.05, 4.69) is 9.98 Å². The van der Waals surface area contributed by atoms with Crippen LogP contribution < -0.4 is 0 Å². The molecule has 0 radical (unpaired) electrons. The predicted molar refractivity (Wildman–Crippen MR) is 84.1 cm³/mol. The maximum atomic E-state index is 12.0. The lowest BCUT2D eigenvalue weighted by Gasteiger charge is -2.13. The molecule has 5 nitrogen and oxygen atoms in total. The van der Waals surface area contributed by atoms with Gasteiger partial charge in [0.25, 0.3) is 0 Å². The number of ether oxygens (including phenoxy) is 1. The Morgan fingerprint density at radius 3 is 2.68 bits per heavy atom. The van der Waals surface area contributed by atoms with Gasteiger partial charge in [-0.15, -0.1) is 0 Å². The van der Waals surface area contributed by atoms with E-state index in [0.29, 0.717) is 16.3 Å². The molecule has 0 saturated carbocycles. The Balaban J connectivity index is 2.45. The van der Waals surface area contributed by atoms with E-state index in [1.807, 2.05) is 18.2 Å². The summed E-state index contributed by atoms with van der Waals surface area (Å²) in [6.45, 7) is -0.300. The van der Waals surface area contributed by atoms with Gasteiger partial charge in [0.2, 0.25) is 0 Å². The molecule has 6 heteroatoms. The summed E-state index contributed by atoms with van der Waals surface area (Å²) in [4.78, 5) is 20.3. The van der Waals surface area contributed by atoms with Crippen molar-refractivity contribution in [2.45, 2.75) is 6.04 Å². The molecule has 1 atom stereocenters. The zero-order chi connectivity index (χ0) is 15.9. The molecule has 0 saturated heterocycles. The molecule has 0 aliphatic rings. The molecule has 1 aromatic heterocycles. The number of halogens is 1. The van der Waals surface area contributed by atoms with Gasteiger partial charge >= 0.3 is 5.97 Å². The van der Waals surface area contributed by atoms with Gasteiger partial charge in [0.1, 0.15) is 0 Å². The molecule has 1 heterocycles. The minimum absolute atomic E-state index is 0.300. The van der Waals surface area contributed by atoms with Crippen molar-refractivity contribution < 1.29 is 14.6 Å². The topological polar surface area (TPSA) is 71.8 Å². The van der Waals surface area contributed by atoms with Crippen molar-refractivity contribution in [1.29, 1.82) is 0 Å². The molecule has 0 bridgehead atoms. The van der Waals surface area contributed by atoms with Crippen molar-refractivity contribution in [2.24, 2.45) is 4.99 Å². The molecule has 1 unspecified atom stereocenters. The number of hydrogen-bond donors (Lipinski definition) is 1. The van der Waals surface area contributed by atoms with E-state index in [4.69, 9.17) is 16.3 Å². The van der Waals surface area contributed by atoms with Crippen molar-refractivity contribution in [3.63, 3.8) is 0 Å². The zero-order valence-electron chi connectivity index (χ0n) is 11.9. The minimum Gasteiger partial charge on any atom is -0.467 e. The average molecular weight is 319 g/mol. The van der Waals surface area contributed by atoms with Gasteiger partial charge in [-0.25, -0.2) is 4.79 Å². The second-order valence-corrected chi connectivity index (χ2v) is 4.90. The molecule has 0 amide bonds. The molecule has 0 aliphatic heterocycles. The fraction of sp³-hybridized carbons (Fsp3) is 0.188. The fourth-order valence-corrected chi connectivity index (χ4v) is 2.13. The first kappa shape index (κ1) is 16.1. The van der Waals surface area contributed by atoms with Crippen LogP contribution in [0.1, 0.15) is 17.2 Å². The number of carbonyl (C=O) groups is 1. The number of pyridine rings is 1. The largest absolute Gasteiger partial charge is 0.467 e. The van der Waals surface area contributed by atoms with E-state index in [1.54, 1.807) is 18.2 Å². The lowest BCUT2D eigenvalue weighted by atomic mass is 10.1. The van der Waals surface area contributed by atoms with Gasteiger partial charge < -0.3 is 9.84 Å². The Morgan fingerprint density at radius 1 is 1.36 bits per heavy atom. The molecular formula is C16H15ClN2O3. The van der Waals surface area contributed by atoms with Crippen LogP contribution in [0.15, 0.2) is 53.8 Å². The summed E-state index contributed by atoms with van der Waals surface area (Å²) in [6.07, 6.45) is 2.96. The molecule has 0 fully saturated rings. The van der Waals surface area contributed by atoms with Gasteiger partial charge in [0.15, 0.2) is 6.04 Å². The van der Waals surface area contributed by atoms with Crippen LogP contribution in [0, 0.1) is 0 Å². The highest BCUT2D eigenvalue weighted by Gasteiger charge is 2.22. The highest BCUT2D eigenvalue weighted by Crippen LogP contribution is 2.22. The highest BCUT2D eigenvalue weighted by atomic mass is 35.5. The summed E-state index contributed by atoms with van der Waals surface area (Å²) in [6, 6.07) is 9.79. The number of aromatic nitrogens is 1. The summed E-state index contributed by atoms with van der Waals surface area (Å²) in [7, 11) is 1.28. The Kier molecular flexibility index (Phi) is 5.63. The second-order valence-electron chi connectivity index (χ2n) is 4.46. The fourth-order valence-electron chi connectivity index (χ4n) is 1.95. The third-order valence-electron chi connectivity index (χ3n) is 3.01. The average Bonchev–Trinajstić information content (AvgIpc) is 2.56. The lowest BCUT2D eigenvalue weighted by Crippen LogP contribution is -2.17. The first-order valence-corrected chi connectivity index (χ1v) is 6.94. The van der Waals surface area contributed by atoms with Crippen LogP contribution in [0.25, 0.3) is 0 Å². The third-order valence-corrected chi connectivity index (χ3v) is 3.21. The van der Waals surface area contributed by atoms with Crippen LogP contribution in [0.5, 0.6) is 0 Å². The number of rotatable bonds is 5. The molecule has 114 valence electrons. The molecule has 2 aromatic rings. The number of methoxy groups -OCH3 is 1. The van der Waals surface area contributed by atoms with E-state index < -0.39 is 12.0 Å². The van der Waals surface area contributed by atoms with Gasteiger partial charge in [-0.3, -0.25) is 9.98 Å². The van der Waals surface area contributed by atoms with E-state index in [9.17, 15) is 9.90 Å². The SMILES string of the molecule is COC(=O)C(N=C(CO)c1ccccc1)c1cncc(Cl)c1. The number of carbonyl (C=O) groups excluding carboxylic acids is 1. The molecule has 22 heavy (non-hydrogen) atoms. The van der Waals surface area contributed by atoms with E-state index >= 15 is 0 Å². The van der Waals surface area contributed by atoms with E-state index in [0.717, 1.165) is 5.56 Å². The van der Waals surface area contributed by atoms with Crippen molar-refractivity contribution >= 4 is 23.3 Å². The number of nitrogens with zero attached hydrogens (tertiary/aromatic N) is 2. The number of aliphatic hydroxyl groups is 1. The standard InChI is InChI=1S/C16H15ClN2O3/c1-22-16(21)15(12-7-13(17)9-18-8-12)19-14(10-20)11-5-3-2-4-6-11/h2-9,15,20H,10H2,1H3. The summed E-state index contributed by atoms with van der Waals surface area (Å²) >= 11 is 5.91. The third kappa shape index (κ3) is 3.90. The molecule has 1 aromatic carbocycles. The Hall–Kier alpha value is -2.24. The van der Waals surface area contributed by atoms with Crippen LogP contribution in [-0.2, 0) is 9.53 Å². The van der Waals surface area contributed by atoms with Crippen LogP contribution in [0.2, 0.25) is 5.02 Å². The Morgan fingerprint density at radius 2 is 2.09 bits per heavy atom. The van der Waals surface area contributed by atoms with Crippen LogP contribution in [-0.4, -0.2) is 35.5 Å². The van der Waals surface area contributed by atoms with Gasteiger partial charge in [0, 0.05) is 18.0 Å². The van der Waals surface area contributed by atoms with Crippen LogP contribution in [0.4, 0.5) is 0 Å². The zero-order valence-corrected chi connectivity index (χ0v) is 12.7. The maximum Gasteiger partial charge on any atom is 0.335 e. The number of aliphatic hydroxyl groups excluding tert-OH is 1. The number of benzene rings is 1. The number of esters is 1. The first-order chi connectivity index (χ1) is 10.7. The van der Waals surface area contributed by atoms with E-state index in [1.165, 1.54) is 19.5 Å². The van der Waals surface area contributed by atoms with Crippen molar-refractivity contribution in [3.05, 3.63) is 64.9 Å². The summed E-state index contributed by atoms with van der Waals surface area (Å²) in [5.74, 6) is -0.550. The summed E-state index contributed by atoms with van der Waals surface area (Å²) in [5, 5.41) is 9.95. The highest BCUT2D eigenvalue weighted by molar-refractivity contribution is 6.30. The minimum atomic E-state index is -0.932. The van der Waals surface area contributed by atoms with Crippen LogP contribution >= 0.6 is 11.6 Å². The van der Waals surface area contributed by atoms with Crippen molar-refractivity contribution in [3.8, 4) is 0 Å². The van der Waals surface area contributed by atoms with Crippen molar-refractivity contribution in [2.75, 3.05) is 13.7 Å². The number of hydrogen-bond acceptors (Lipinski definition) is 5. The molecule has 0 aliphatic carbocycles. The van der Waals surface area contributed by atoms with Gasteiger partial charge in [-0.1, -0.05) is 41.9 Å². The first-order valence-electron chi connectivity index (χ1n) is 6.57. The lowest BCUT2D eigenvalue weighted by molar-refractivity contribution is -0.142. The van der Waals surface area contributed by atoms with Gasteiger partial charge in [-0.05, 0) is 11.6 Å². The van der Waals surface area contributed by atoms with Crippen molar-refractivity contribution in [1.82, 2.24) is 4.98 Å². The maximum absolute atomic E-state index is 12.0. The molecule has 2 rings (SSSR count). The monoisotopic (exact) mass is 318 g/mol. The normalized spacial score (nSPS) is 12.8. The Bertz CT molecular complexity index is 674. The summed E-state index contributed by atoms with van der Waals surface area (Å²) in [5.41, 5.74) is 1.62. The Labute approximate surface area is 133 Å².